The molecule has 0 aliphatic carbocycles. The van der Waals surface area contributed by atoms with Crippen LogP contribution in [-0.2, 0) is 4.79 Å². The third-order valence-electron chi connectivity index (χ3n) is 5.23. The second kappa shape index (κ2) is 15.2. The van der Waals surface area contributed by atoms with Crippen LogP contribution in [0.15, 0.2) is 23.8 Å². The van der Waals surface area contributed by atoms with Crippen molar-refractivity contribution in [3.8, 4) is 0 Å². The summed E-state index contributed by atoms with van der Waals surface area (Å²) in [6.07, 6.45) is 13.5. The van der Waals surface area contributed by atoms with Crippen molar-refractivity contribution in [2.24, 2.45) is 11.8 Å². The Balaban J connectivity index is 4.10. The fourth-order valence-corrected chi connectivity index (χ4v) is 3.13. The molecule has 0 unspecified atom stereocenters. The molecule has 0 saturated heterocycles. The fourth-order valence-electron chi connectivity index (χ4n) is 3.13. The molecule has 0 aromatic carbocycles. The van der Waals surface area contributed by atoms with Gasteiger partial charge in [-0.25, -0.2) is 0 Å². The van der Waals surface area contributed by atoms with Crippen molar-refractivity contribution >= 4 is 5.91 Å². The lowest BCUT2D eigenvalue weighted by Gasteiger charge is -2.22. The molecule has 0 fully saturated rings. The monoisotopic (exact) mass is 351 g/mol. The molecule has 3 heteroatoms. The highest BCUT2D eigenvalue weighted by Crippen LogP contribution is 2.21. The summed E-state index contributed by atoms with van der Waals surface area (Å²) in [5.74, 6) is 0.634. The highest BCUT2D eigenvalue weighted by Gasteiger charge is 2.18. The van der Waals surface area contributed by atoms with Crippen LogP contribution in [-0.4, -0.2) is 23.7 Å². The van der Waals surface area contributed by atoms with Crippen LogP contribution in [0, 0.1) is 11.8 Å². The second-order valence-electron chi connectivity index (χ2n) is 7.09. The van der Waals surface area contributed by atoms with E-state index in [4.69, 9.17) is 0 Å². The van der Waals surface area contributed by atoms with Crippen LogP contribution in [0.4, 0.5) is 0 Å². The van der Waals surface area contributed by atoms with Crippen LogP contribution < -0.4 is 5.32 Å². The van der Waals surface area contributed by atoms with Crippen LogP contribution in [0.5, 0.6) is 0 Å². The van der Waals surface area contributed by atoms with Gasteiger partial charge in [-0.05, 0) is 71.6 Å². The molecule has 25 heavy (non-hydrogen) atoms. The van der Waals surface area contributed by atoms with Crippen molar-refractivity contribution < 1.29 is 9.90 Å². The van der Waals surface area contributed by atoms with Gasteiger partial charge < -0.3 is 10.4 Å². The second-order valence-corrected chi connectivity index (χ2v) is 7.09. The number of carbonyl (C=O) groups excluding carboxylic acids is 1. The van der Waals surface area contributed by atoms with E-state index in [-0.39, 0.29) is 17.9 Å². The molecule has 1 amide bonds. The molecular weight excluding hydrogens is 310 g/mol. The summed E-state index contributed by atoms with van der Waals surface area (Å²) in [5, 5.41) is 13.5. The van der Waals surface area contributed by atoms with Gasteiger partial charge in [-0.15, -0.1) is 0 Å². The summed E-state index contributed by atoms with van der Waals surface area (Å²) in [6, 6.07) is 0. The lowest BCUT2D eigenvalue weighted by Crippen LogP contribution is -2.31. The molecule has 2 N–H and O–H groups in total. The molecule has 0 saturated carbocycles. The number of nitrogens with one attached hydrogen (secondary N) is 1. The van der Waals surface area contributed by atoms with Gasteiger partial charge in [0.1, 0.15) is 0 Å². The van der Waals surface area contributed by atoms with Crippen molar-refractivity contribution in [3.05, 3.63) is 23.8 Å². The Kier molecular flexibility index (Phi) is 14.5. The van der Waals surface area contributed by atoms with Gasteiger partial charge in [-0.1, -0.05) is 44.1 Å². The lowest BCUT2D eigenvalue weighted by atomic mass is 9.90. The molecule has 0 spiro atoms. The van der Waals surface area contributed by atoms with Crippen LogP contribution in [0.3, 0.4) is 0 Å². The number of hydrogen-bond acceptors (Lipinski definition) is 2. The van der Waals surface area contributed by atoms with Crippen LogP contribution in [0.25, 0.3) is 0 Å². The number of allylic oxidation sites excluding steroid dienone is 4. The van der Waals surface area contributed by atoms with E-state index in [1.165, 1.54) is 5.57 Å². The van der Waals surface area contributed by atoms with E-state index in [2.05, 4.69) is 38.2 Å². The predicted octanol–water partition coefficient (Wildman–Crippen LogP) is 5.40. The minimum absolute atomic E-state index is 0.118. The maximum absolute atomic E-state index is 12.2. The summed E-state index contributed by atoms with van der Waals surface area (Å²) < 4.78 is 0. The Hall–Kier alpha value is -1.09. The summed E-state index contributed by atoms with van der Waals surface area (Å²) in [6.45, 7) is 11.1. The predicted molar refractivity (Wildman–Crippen MR) is 109 cm³/mol. The Bertz CT molecular complexity index is 401. The van der Waals surface area contributed by atoms with Gasteiger partial charge in [0, 0.05) is 12.5 Å². The number of amides is 1. The van der Waals surface area contributed by atoms with Gasteiger partial charge in [0.05, 0.1) is 6.10 Å². The van der Waals surface area contributed by atoms with Crippen molar-refractivity contribution in [2.45, 2.75) is 92.1 Å². The molecule has 0 bridgehead atoms. The van der Waals surface area contributed by atoms with Crippen molar-refractivity contribution in [3.63, 3.8) is 0 Å². The van der Waals surface area contributed by atoms with E-state index < -0.39 is 0 Å². The first-order chi connectivity index (χ1) is 12.0. The largest absolute Gasteiger partial charge is 0.393 e. The Morgan fingerprint density at radius 3 is 2.40 bits per heavy atom. The summed E-state index contributed by atoms with van der Waals surface area (Å²) in [5.41, 5.74) is 1.34. The van der Waals surface area contributed by atoms with Gasteiger partial charge in [0.2, 0.25) is 5.91 Å². The highest BCUT2D eigenvalue weighted by molar-refractivity contribution is 5.78. The van der Waals surface area contributed by atoms with Crippen LogP contribution >= 0.6 is 0 Å². The van der Waals surface area contributed by atoms with Crippen LogP contribution in [0.2, 0.25) is 0 Å². The van der Waals surface area contributed by atoms with Crippen molar-refractivity contribution in [1.29, 1.82) is 0 Å². The first kappa shape index (κ1) is 23.9. The number of aliphatic hydroxyl groups excluding tert-OH is 1. The van der Waals surface area contributed by atoms with Gasteiger partial charge in [-0.3, -0.25) is 4.79 Å². The molecule has 0 aromatic heterocycles. The van der Waals surface area contributed by atoms with Crippen molar-refractivity contribution in [1.82, 2.24) is 5.32 Å². The normalized spacial score (nSPS) is 16.0. The number of hydrogen-bond donors (Lipinski definition) is 2. The average molecular weight is 352 g/mol. The molecule has 0 heterocycles. The van der Waals surface area contributed by atoms with Crippen LogP contribution in [0.1, 0.15) is 86.0 Å². The zero-order valence-corrected chi connectivity index (χ0v) is 17.2. The summed E-state index contributed by atoms with van der Waals surface area (Å²) >= 11 is 0. The first-order valence-corrected chi connectivity index (χ1v) is 10.2. The van der Waals surface area contributed by atoms with E-state index in [1.54, 1.807) is 0 Å². The summed E-state index contributed by atoms with van der Waals surface area (Å²) in [4.78, 5) is 12.2. The quantitative estimate of drug-likeness (QED) is 0.325. The number of aliphatic hydroxyl groups is 1. The molecule has 0 aliphatic rings. The molecule has 3 atom stereocenters. The smallest absolute Gasteiger partial charge is 0.223 e. The molecular formula is C22H41NO2. The van der Waals surface area contributed by atoms with E-state index in [0.29, 0.717) is 5.92 Å². The SMILES string of the molecule is C/C=C\CC[C@@H](CC)C(=O)NCCC[C@@H](CC)[C@H](O)CC/C(C)=C/C. The van der Waals surface area contributed by atoms with Gasteiger partial charge in [0.15, 0.2) is 0 Å². The molecule has 0 aliphatic heterocycles. The van der Waals surface area contributed by atoms with E-state index in [1.807, 2.05) is 19.9 Å². The Morgan fingerprint density at radius 2 is 1.84 bits per heavy atom. The number of carbonyl (C=O) groups is 1. The van der Waals surface area contributed by atoms with Crippen molar-refractivity contribution in [2.75, 3.05) is 6.54 Å². The molecule has 3 nitrogen and oxygen atoms in total. The van der Waals surface area contributed by atoms with Gasteiger partial charge in [0.25, 0.3) is 0 Å². The minimum Gasteiger partial charge on any atom is -0.393 e. The van der Waals surface area contributed by atoms with Gasteiger partial charge in [-0.2, -0.15) is 0 Å². The third-order valence-corrected chi connectivity index (χ3v) is 5.23. The third kappa shape index (κ3) is 11.2. The zero-order chi connectivity index (χ0) is 19.1. The van der Waals surface area contributed by atoms with Gasteiger partial charge >= 0.3 is 0 Å². The highest BCUT2D eigenvalue weighted by atomic mass is 16.3. The lowest BCUT2D eigenvalue weighted by molar-refractivity contribution is -0.125. The summed E-state index contributed by atoms with van der Waals surface area (Å²) in [7, 11) is 0. The van der Waals surface area contributed by atoms with E-state index >= 15 is 0 Å². The number of rotatable bonds is 14. The maximum atomic E-state index is 12.2. The van der Waals surface area contributed by atoms with E-state index in [0.717, 1.165) is 57.9 Å². The van der Waals surface area contributed by atoms with E-state index in [9.17, 15) is 9.90 Å². The molecule has 0 aromatic rings. The first-order valence-electron chi connectivity index (χ1n) is 10.2. The Morgan fingerprint density at radius 1 is 1.12 bits per heavy atom. The average Bonchev–Trinajstić information content (AvgIpc) is 2.62. The topological polar surface area (TPSA) is 49.3 Å². The molecule has 146 valence electrons. The fraction of sp³-hybridized carbons (Fsp3) is 0.773. The maximum Gasteiger partial charge on any atom is 0.223 e. The molecule has 0 radical (unpaired) electrons. The molecule has 0 rings (SSSR count). The minimum atomic E-state index is -0.236. The standard InChI is InChI=1S/C22H41NO2/c1-6-10-11-13-20(9-4)22(25)23-17-12-14-19(8-3)21(24)16-15-18(5)7-2/h6-7,10,19-21,24H,8-9,11-17H2,1-5H3,(H,23,25)/b10-6-,18-7+/t19-,20-,21-/m1/s1. The Labute approximate surface area is 156 Å². The zero-order valence-electron chi connectivity index (χ0n) is 17.2.